The van der Waals surface area contributed by atoms with Crippen LogP contribution in [0.15, 0.2) is 0 Å². The predicted octanol–water partition coefficient (Wildman–Crippen LogP) is 2.45. The number of hydrogen-bond acceptors (Lipinski definition) is 2. The highest BCUT2D eigenvalue weighted by atomic mass is 16.1. The maximum atomic E-state index is 12.3. The number of amides is 1. The molecule has 104 valence electrons. The van der Waals surface area contributed by atoms with Gasteiger partial charge in [-0.1, -0.05) is 32.6 Å². The second kappa shape index (κ2) is 6.05. The molecular weight excluding hydrogens is 224 g/mol. The molecule has 2 saturated carbocycles. The first kappa shape index (κ1) is 13.9. The highest BCUT2D eigenvalue weighted by molar-refractivity contribution is 5.79. The van der Waals surface area contributed by atoms with E-state index in [2.05, 4.69) is 12.2 Å². The van der Waals surface area contributed by atoms with E-state index in [9.17, 15) is 4.79 Å². The van der Waals surface area contributed by atoms with E-state index in [1.165, 1.54) is 38.5 Å². The summed E-state index contributed by atoms with van der Waals surface area (Å²) in [5, 5.41) is 3.20. The van der Waals surface area contributed by atoms with Gasteiger partial charge in [0.25, 0.3) is 0 Å². The standard InChI is InChI=1S/C15H28N2O/c1-15(8-4-5-9-15)11-17-14(18)13-7-3-2-6-12(13)10-16/h12-13H,2-11,16H2,1H3,(H,17,18). The molecule has 0 aliphatic heterocycles. The second-order valence-corrected chi connectivity index (χ2v) is 6.62. The molecule has 2 rings (SSSR count). The summed E-state index contributed by atoms with van der Waals surface area (Å²) >= 11 is 0. The van der Waals surface area contributed by atoms with E-state index in [0.29, 0.717) is 17.9 Å². The normalized spacial score (nSPS) is 31.2. The summed E-state index contributed by atoms with van der Waals surface area (Å²) in [6.07, 6.45) is 9.75. The molecule has 3 nitrogen and oxygen atoms in total. The summed E-state index contributed by atoms with van der Waals surface area (Å²) in [6.45, 7) is 3.83. The van der Waals surface area contributed by atoms with Crippen LogP contribution in [-0.2, 0) is 4.79 Å². The zero-order valence-electron chi connectivity index (χ0n) is 11.7. The molecule has 0 aromatic rings. The van der Waals surface area contributed by atoms with Crippen LogP contribution in [0.1, 0.15) is 58.3 Å². The third-order valence-electron chi connectivity index (χ3n) is 5.05. The van der Waals surface area contributed by atoms with Crippen molar-refractivity contribution in [3.05, 3.63) is 0 Å². The summed E-state index contributed by atoms with van der Waals surface area (Å²) in [7, 11) is 0. The fourth-order valence-corrected chi connectivity index (χ4v) is 3.67. The number of carbonyl (C=O) groups is 1. The molecule has 0 aromatic carbocycles. The number of carbonyl (C=O) groups excluding carboxylic acids is 1. The van der Waals surface area contributed by atoms with Crippen molar-refractivity contribution in [1.29, 1.82) is 0 Å². The number of rotatable bonds is 4. The first-order valence-corrected chi connectivity index (χ1v) is 7.62. The second-order valence-electron chi connectivity index (χ2n) is 6.62. The lowest BCUT2D eigenvalue weighted by Gasteiger charge is -2.31. The Morgan fingerprint density at radius 2 is 1.89 bits per heavy atom. The van der Waals surface area contributed by atoms with E-state index in [-0.39, 0.29) is 11.8 Å². The van der Waals surface area contributed by atoms with Crippen LogP contribution in [-0.4, -0.2) is 19.0 Å². The Labute approximate surface area is 111 Å². The lowest BCUT2D eigenvalue weighted by atomic mass is 9.78. The molecule has 3 N–H and O–H groups in total. The summed E-state index contributed by atoms with van der Waals surface area (Å²) in [5.41, 5.74) is 6.15. The van der Waals surface area contributed by atoms with E-state index in [4.69, 9.17) is 5.73 Å². The lowest BCUT2D eigenvalue weighted by Crippen LogP contribution is -2.42. The minimum Gasteiger partial charge on any atom is -0.355 e. The van der Waals surface area contributed by atoms with Crippen LogP contribution in [0.5, 0.6) is 0 Å². The van der Waals surface area contributed by atoms with E-state index in [1.54, 1.807) is 0 Å². The molecule has 0 aromatic heterocycles. The molecule has 2 aliphatic carbocycles. The maximum absolute atomic E-state index is 12.3. The van der Waals surface area contributed by atoms with Gasteiger partial charge in [0, 0.05) is 12.5 Å². The van der Waals surface area contributed by atoms with Gasteiger partial charge in [0.1, 0.15) is 0 Å². The smallest absolute Gasteiger partial charge is 0.223 e. The molecule has 2 fully saturated rings. The van der Waals surface area contributed by atoms with Crippen molar-refractivity contribution >= 4 is 5.91 Å². The van der Waals surface area contributed by atoms with Gasteiger partial charge in [-0.15, -0.1) is 0 Å². The number of nitrogens with one attached hydrogen (secondary N) is 1. The number of hydrogen-bond donors (Lipinski definition) is 2. The Balaban J connectivity index is 1.82. The molecular formula is C15H28N2O. The van der Waals surface area contributed by atoms with Gasteiger partial charge >= 0.3 is 0 Å². The quantitative estimate of drug-likeness (QED) is 0.807. The average Bonchev–Trinajstić information content (AvgIpc) is 2.83. The molecule has 1 amide bonds. The molecule has 0 radical (unpaired) electrons. The van der Waals surface area contributed by atoms with E-state index < -0.39 is 0 Å². The SMILES string of the molecule is CC1(CNC(=O)C2CCCCC2CN)CCCC1. The van der Waals surface area contributed by atoms with Crippen LogP contribution in [0.3, 0.4) is 0 Å². The van der Waals surface area contributed by atoms with Crippen LogP contribution in [0, 0.1) is 17.3 Å². The van der Waals surface area contributed by atoms with Crippen LogP contribution in [0.2, 0.25) is 0 Å². The lowest BCUT2D eigenvalue weighted by molar-refractivity contribution is -0.128. The minimum absolute atomic E-state index is 0.175. The number of nitrogens with two attached hydrogens (primary N) is 1. The van der Waals surface area contributed by atoms with Gasteiger partial charge in [-0.05, 0) is 43.6 Å². The maximum Gasteiger partial charge on any atom is 0.223 e. The summed E-state index contributed by atoms with van der Waals surface area (Å²) < 4.78 is 0. The fourth-order valence-electron chi connectivity index (χ4n) is 3.67. The van der Waals surface area contributed by atoms with Crippen LogP contribution >= 0.6 is 0 Å². The Kier molecular flexibility index (Phi) is 4.66. The Bertz CT molecular complexity index is 284. The molecule has 2 aliphatic rings. The largest absolute Gasteiger partial charge is 0.355 e. The third kappa shape index (κ3) is 3.25. The van der Waals surface area contributed by atoms with Crippen molar-refractivity contribution < 1.29 is 4.79 Å². The molecule has 0 spiro atoms. The highest BCUT2D eigenvalue weighted by Crippen LogP contribution is 2.37. The van der Waals surface area contributed by atoms with Crippen molar-refractivity contribution in [2.45, 2.75) is 58.3 Å². The summed E-state index contributed by atoms with van der Waals surface area (Å²) in [6, 6.07) is 0. The molecule has 18 heavy (non-hydrogen) atoms. The van der Waals surface area contributed by atoms with Gasteiger partial charge in [-0.2, -0.15) is 0 Å². The molecule has 3 heteroatoms. The van der Waals surface area contributed by atoms with Gasteiger partial charge in [0.2, 0.25) is 5.91 Å². The first-order chi connectivity index (χ1) is 8.64. The van der Waals surface area contributed by atoms with Gasteiger partial charge in [0.05, 0.1) is 0 Å². The minimum atomic E-state index is 0.175. The topological polar surface area (TPSA) is 55.1 Å². The van der Waals surface area contributed by atoms with E-state index in [1.807, 2.05) is 0 Å². The van der Waals surface area contributed by atoms with Crippen LogP contribution in [0.25, 0.3) is 0 Å². The van der Waals surface area contributed by atoms with Crippen molar-refractivity contribution in [3.63, 3.8) is 0 Å². The molecule has 0 heterocycles. The zero-order valence-corrected chi connectivity index (χ0v) is 11.7. The fraction of sp³-hybridized carbons (Fsp3) is 0.933. The van der Waals surface area contributed by atoms with E-state index >= 15 is 0 Å². The van der Waals surface area contributed by atoms with Crippen molar-refractivity contribution in [2.24, 2.45) is 23.0 Å². The first-order valence-electron chi connectivity index (χ1n) is 7.62. The molecule has 0 bridgehead atoms. The predicted molar refractivity (Wildman–Crippen MR) is 74.1 cm³/mol. The van der Waals surface area contributed by atoms with Crippen LogP contribution < -0.4 is 11.1 Å². The Morgan fingerprint density at radius 1 is 1.22 bits per heavy atom. The Hall–Kier alpha value is -0.570. The highest BCUT2D eigenvalue weighted by Gasteiger charge is 2.33. The van der Waals surface area contributed by atoms with Crippen molar-refractivity contribution in [3.8, 4) is 0 Å². The van der Waals surface area contributed by atoms with E-state index in [0.717, 1.165) is 19.4 Å². The Morgan fingerprint density at radius 3 is 2.56 bits per heavy atom. The third-order valence-corrected chi connectivity index (χ3v) is 5.05. The van der Waals surface area contributed by atoms with Gasteiger partial charge in [-0.25, -0.2) is 0 Å². The van der Waals surface area contributed by atoms with Gasteiger partial charge in [0.15, 0.2) is 0 Å². The molecule has 0 saturated heterocycles. The summed E-state index contributed by atoms with van der Waals surface area (Å²) in [4.78, 5) is 12.3. The monoisotopic (exact) mass is 252 g/mol. The van der Waals surface area contributed by atoms with Crippen molar-refractivity contribution in [2.75, 3.05) is 13.1 Å². The van der Waals surface area contributed by atoms with Gasteiger partial charge in [-0.3, -0.25) is 4.79 Å². The van der Waals surface area contributed by atoms with Crippen molar-refractivity contribution in [1.82, 2.24) is 5.32 Å². The molecule has 2 atom stereocenters. The summed E-state index contributed by atoms with van der Waals surface area (Å²) in [5.74, 6) is 0.849. The van der Waals surface area contributed by atoms with Gasteiger partial charge < -0.3 is 11.1 Å². The van der Waals surface area contributed by atoms with Crippen LogP contribution in [0.4, 0.5) is 0 Å². The molecule has 2 unspecified atom stereocenters. The average molecular weight is 252 g/mol. The zero-order chi connectivity index (χ0) is 13.0.